The Labute approximate surface area is 179 Å². The Balaban J connectivity index is 1.49. The number of sulfone groups is 1. The summed E-state index contributed by atoms with van der Waals surface area (Å²) in [6.45, 7) is 1.85. The molecule has 0 unspecified atom stereocenters. The fourth-order valence-electron chi connectivity index (χ4n) is 3.58. The molecule has 0 aromatic heterocycles. The number of carbonyl (C=O) groups is 1. The van der Waals surface area contributed by atoms with Gasteiger partial charge in [0.05, 0.1) is 29.3 Å². The van der Waals surface area contributed by atoms with Crippen LogP contribution in [0.25, 0.3) is 0 Å². The fourth-order valence-corrected chi connectivity index (χ4v) is 6.52. The fraction of sp³-hybridized carbons (Fsp3) is 0.300. The number of thioether (sulfide) groups is 1. The Morgan fingerprint density at radius 2 is 1.97 bits per heavy atom. The van der Waals surface area contributed by atoms with Crippen LogP contribution in [0, 0.1) is 6.92 Å². The van der Waals surface area contributed by atoms with Gasteiger partial charge in [-0.25, -0.2) is 8.42 Å². The molecular formula is C20H20ClN3O3S2. The molecule has 0 spiro atoms. The van der Waals surface area contributed by atoms with Gasteiger partial charge in [-0.05, 0) is 36.8 Å². The molecule has 0 saturated carbocycles. The van der Waals surface area contributed by atoms with Crippen molar-refractivity contribution in [3.8, 4) is 0 Å². The molecule has 4 rings (SSSR count). The van der Waals surface area contributed by atoms with Crippen molar-refractivity contribution in [2.24, 2.45) is 4.99 Å². The zero-order chi connectivity index (χ0) is 20.6. The van der Waals surface area contributed by atoms with Gasteiger partial charge in [-0.2, -0.15) is 0 Å². The third-order valence-corrected chi connectivity index (χ3v) is 8.09. The minimum atomic E-state index is -3.10. The van der Waals surface area contributed by atoms with E-state index in [0.717, 1.165) is 11.3 Å². The number of benzene rings is 2. The van der Waals surface area contributed by atoms with Gasteiger partial charge in [-0.1, -0.05) is 47.6 Å². The summed E-state index contributed by atoms with van der Waals surface area (Å²) in [6.07, 6.45) is 0. The van der Waals surface area contributed by atoms with Crippen LogP contribution in [0.4, 0.5) is 11.4 Å². The normalized spacial score (nSPS) is 22.3. The van der Waals surface area contributed by atoms with Crippen LogP contribution in [0.5, 0.6) is 0 Å². The van der Waals surface area contributed by atoms with Gasteiger partial charge in [-0.3, -0.25) is 9.79 Å². The van der Waals surface area contributed by atoms with Crippen molar-refractivity contribution in [1.82, 2.24) is 0 Å². The second-order valence-corrected chi connectivity index (χ2v) is 10.6. The third-order valence-electron chi connectivity index (χ3n) is 5.02. The van der Waals surface area contributed by atoms with Gasteiger partial charge < -0.3 is 10.2 Å². The molecule has 1 amide bonds. The standard InChI is InChI=1S/C20H20ClN3O3S2/c1-13-15(21)8-5-9-16(13)22-19(25)10-28-20-23-17-11-29(26,27)12-18(17)24(20)14-6-3-2-4-7-14/h2-9,17-18H,10-12H2,1H3,(H,22,25)/t17-,18-/m0/s1. The predicted octanol–water partition coefficient (Wildman–Crippen LogP) is 3.36. The number of fused-ring (bicyclic) bond motifs is 1. The number of nitrogens with one attached hydrogen (secondary N) is 1. The average Bonchev–Trinajstić information content (AvgIpc) is 3.15. The van der Waals surface area contributed by atoms with Crippen molar-refractivity contribution in [3.63, 3.8) is 0 Å². The highest BCUT2D eigenvalue weighted by Gasteiger charge is 2.47. The number of para-hydroxylation sites is 1. The first kappa shape index (κ1) is 20.3. The Kier molecular flexibility index (Phi) is 5.59. The summed E-state index contributed by atoms with van der Waals surface area (Å²) in [5.74, 6) is 0.133. The van der Waals surface area contributed by atoms with Gasteiger partial charge >= 0.3 is 0 Å². The molecule has 2 atom stereocenters. The van der Waals surface area contributed by atoms with E-state index in [2.05, 4.69) is 10.3 Å². The minimum Gasteiger partial charge on any atom is -0.325 e. The molecule has 152 valence electrons. The van der Waals surface area contributed by atoms with Crippen LogP contribution in [-0.2, 0) is 14.6 Å². The lowest BCUT2D eigenvalue weighted by Gasteiger charge is -2.26. The van der Waals surface area contributed by atoms with Crippen LogP contribution in [0.3, 0.4) is 0 Å². The van der Waals surface area contributed by atoms with Gasteiger partial charge in [0.15, 0.2) is 15.0 Å². The van der Waals surface area contributed by atoms with E-state index in [9.17, 15) is 13.2 Å². The number of nitrogens with zero attached hydrogens (tertiary/aromatic N) is 2. The highest BCUT2D eigenvalue weighted by Crippen LogP contribution is 2.35. The van der Waals surface area contributed by atoms with E-state index in [1.807, 2.05) is 48.2 Å². The molecular weight excluding hydrogens is 430 g/mol. The van der Waals surface area contributed by atoms with Crippen molar-refractivity contribution in [2.45, 2.75) is 19.0 Å². The third kappa shape index (κ3) is 4.29. The lowest BCUT2D eigenvalue weighted by Crippen LogP contribution is -2.39. The van der Waals surface area contributed by atoms with Gasteiger partial charge in [0.1, 0.15) is 0 Å². The lowest BCUT2D eigenvalue weighted by atomic mass is 10.1. The molecule has 0 bridgehead atoms. The first-order valence-electron chi connectivity index (χ1n) is 9.14. The largest absolute Gasteiger partial charge is 0.325 e. The quantitative estimate of drug-likeness (QED) is 0.774. The van der Waals surface area contributed by atoms with Crippen LogP contribution in [0.15, 0.2) is 53.5 Å². The van der Waals surface area contributed by atoms with Crippen LogP contribution in [0.1, 0.15) is 5.56 Å². The molecule has 2 aromatic carbocycles. The monoisotopic (exact) mass is 449 g/mol. The summed E-state index contributed by atoms with van der Waals surface area (Å²) in [4.78, 5) is 19.1. The summed E-state index contributed by atoms with van der Waals surface area (Å²) in [7, 11) is -3.10. The first-order chi connectivity index (χ1) is 13.8. The van der Waals surface area contributed by atoms with Gasteiger partial charge in [0.2, 0.25) is 5.91 Å². The number of amidine groups is 1. The SMILES string of the molecule is Cc1c(Cl)cccc1NC(=O)CSC1=N[C@H]2CS(=O)(=O)C[C@@H]2N1c1ccccc1. The molecule has 1 saturated heterocycles. The summed E-state index contributed by atoms with van der Waals surface area (Å²) < 4.78 is 24.2. The van der Waals surface area contributed by atoms with E-state index in [0.29, 0.717) is 15.9 Å². The van der Waals surface area contributed by atoms with E-state index in [-0.39, 0.29) is 35.2 Å². The number of anilines is 2. The van der Waals surface area contributed by atoms with Crippen LogP contribution < -0.4 is 10.2 Å². The zero-order valence-corrected chi connectivity index (χ0v) is 18.1. The highest BCUT2D eigenvalue weighted by molar-refractivity contribution is 8.14. The van der Waals surface area contributed by atoms with Crippen LogP contribution in [0.2, 0.25) is 5.02 Å². The number of amides is 1. The van der Waals surface area contributed by atoms with E-state index in [1.54, 1.807) is 12.1 Å². The number of halogens is 1. The molecule has 0 radical (unpaired) electrons. The molecule has 1 N–H and O–H groups in total. The average molecular weight is 450 g/mol. The minimum absolute atomic E-state index is 0.0545. The molecule has 0 aliphatic carbocycles. The molecule has 2 aliphatic rings. The maximum Gasteiger partial charge on any atom is 0.234 e. The van der Waals surface area contributed by atoms with Gasteiger partial charge in [-0.15, -0.1) is 0 Å². The Bertz CT molecular complexity index is 1070. The van der Waals surface area contributed by atoms with E-state index >= 15 is 0 Å². The van der Waals surface area contributed by atoms with Gasteiger partial charge in [0.25, 0.3) is 0 Å². The van der Waals surface area contributed by atoms with E-state index in [4.69, 9.17) is 11.6 Å². The molecule has 1 fully saturated rings. The molecule has 2 heterocycles. The molecule has 2 aliphatic heterocycles. The molecule has 9 heteroatoms. The van der Waals surface area contributed by atoms with Crippen molar-refractivity contribution >= 4 is 55.6 Å². The Morgan fingerprint density at radius 1 is 1.21 bits per heavy atom. The lowest BCUT2D eigenvalue weighted by molar-refractivity contribution is -0.113. The summed E-state index contributed by atoms with van der Waals surface area (Å²) in [5, 5.41) is 4.16. The second kappa shape index (κ2) is 8.01. The Morgan fingerprint density at radius 3 is 2.72 bits per heavy atom. The van der Waals surface area contributed by atoms with Crippen molar-refractivity contribution in [3.05, 3.63) is 59.1 Å². The number of hydrogen-bond acceptors (Lipinski definition) is 6. The van der Waals surface area contributed by atoms with E-state index < -0.39 is 9.84 Å². The van der Waals surface area contributed by atoms with E-state index in [1.165, 1.54) is 11.8 Å². The van der Waals surface area contributed by atoms with Crippen LogP contribution >= 0.6 is 23.4 Å². The molecule has 29 heavy (non-hydrogen) atoms. The van der Waals surface area contributed by atoms with Crippen molar-refractivity contribution in [1.29, 1.82) is 0 Å². The molecule has 6 nitrogen and oxygen atoms in total. The predicted molar refractivity (Wildman–Crippen MR) is 120 cm³/mol. The topological polar surface area (TPSA) is 78.8 Å². The van der Waals surface area contributed by atoms with Crippen molar-refractivity contribution < 1.29 is 13.2 Å². The van der Waals surface area contributed by atoms with Crippen molar-refractivity contribution in [2.75, 3.05) is 27.5 Å². The maximum atomic E-state index is 12.5. The Hall–Kier alpha value is -2.03. The highest BCUT2D eigenvalue weighted by atomic mass is 35.5. The van der Waals surface area contributed by atoms with Gasteiger partial charge in [0, 0.05) is 16.4 Å². The number of carbonyl (C=O) groups excluding carboxylic acids is 1. The maximum absolute atomic E-state index is 12.5. The summed E-state index contributed by atoms with van der Waals surface area (Å²) >= 11 is 7.43. The second-order valence-electron chi connectivity index (χ2n) is 7.08. The number of hydrogen-bond donors (Lipinski definition) is 1. The summed E-state index contributed by atoms with van der Waals surface area (Å²) in [5.41, 5.74) is 2.38. The number of aliphatic imine (C=N–C) groups is 1. The smallest absolute Gasteiger partial charge is 0.234 e. The number of rotatable bonds is 4. The van der Waals surface area contributed by atoms with Crippen LogP contribution in [-0.4, -0.2) is 48.8 Å². The first-order valence-corrected chi connectivity index (χ1v) is 12.3. The molecule has 2 aromatic rings. The zero-order valence-electron chi connectivity index (χ0n) is 15.7. The summed E-state index contributed by atoms with van der Waals surface area (Å²) in [6, 6.07) is 14.4.